The molecule has 3 heterocycles. The molecule has 9 heteroatoms. The molecular weight excluding hydrogens is 466 g/mol. The minimum absolute atomic E-state index is 0.114. The first kappa shape index (κ1) is 23.8. The summed E-state index contributed by atoms with van der Waals surface area (Å²) in [5.41, 5.74) is 4.68. The smallest absolute Gasteiger partial charge is 0.307 e. The lowest BCUT2D eigenvalue weighted by molar-refractivity contribution is -0.347. The second kappa shape index (κ2) is 9.68. The molecule has 37 heavy (non-hydrogen) atoms. The Morgan fingerprint density at radius 2 is 2.05 bits per heavy atom. The van der Waals surface area contributed by atoms with Crippen molar-refractivity contribution in [1.82, 2.24) is 19.9 Å². The van der Waals surface area contributed by atoms with Crippen molar-refractivity contribution in [3.63, 3.8) is 0 Å². The molecule has 0 bridgehead atoms. The van der Waals surface area contributed by atoms with Crippen molar-refractivity contribution in [3.8, 4) is 5.75 Å². The van der Waals surface area contributed by atoms with Gasteiger partial charge >= 0.3 is 11.6 Å². The fraction of sp³-hybridized carbons (Fsp3) is 0.500. The normalized spacial score (nSPS) is 19.4. The lowest BCUT2D eigenvalue weighted by Gasteiger charge is -2.29. The third-order valence-corrected chi connectivity index (χ3v) is 8.11. The molecule has 2 fully saturated rings. The summed E-state index contributed by atoms with van der Waals surface area (Å²) in [4.78, 5) is 30.6. The van der Waals surface area contributed by atoms with Crippen LogP contribution >= 0.6 is 0 Å². The molecular formula is C28H36N7O2+. The predicted octanol–water partition coefficient (Wildman–Crippen LogP) is 4.68. The quantitative estimate of drug-likeness (QED) is 0.433. The van der Waals surface area contributed by atoms with Crippen LogP contribution in [0.25, 0.3) is 16.7 Å². The van der Waals surface area contributed by atoms with Crippen LogP contribution in [-0.4, -0.2) is 52.0 Å². The number of imidazole rings is 1. The van der Waals surface area contributed by atoms with Gasteiger partial charge in [0.15, 0.2) is 12.1 Å². The fourth-order valence-electron chi connectivity index (χ4n) is 5.49. The first-order chi connectivity index (χ1) is 18.0. The monoisotopic (exact) mass is 502 g/mol. The molecule has 194 valence electrons. The number of nitrogens with zero attached hydrogens (tertiary/aromatic N) is 3. The minimum Gasteiger partial charge on any atom is -0.495 e. The molecule has 0 saturated heterocycles. The second-order valence-electron chi connectivity index (χ2n) is 10.9. The van der Waals surface area contributed by atoms with Gasteiger partial charge in [0, 0.05) is 24.5 Å². The lowest BCUT2D eigenvalue weighted by atomic mass is 9.95. The standard InChI is InChI=1S/C28H35N7O2/c1-28(12-13-28)26(36)35-14-10-18(11-15-35)19-8-9-21(22(16-19)37-2)32-27-33-24-23(29-17-30-24)25(34-27)31-20-6-4-3-5-7-20/h8-10,16-17,20H,3-7,11-15H2,1-2H3,(H3,29,30,31,32,33,34)/p+1. The number of hydrogen-bond acceptors (Lipinski definition) is 6. The summed E-state index contributed by atoms with van der Waals surface area (Å²) in [5.74, 6) is 2.34. The molecule has 3 aromatic rings. The number of carbonyl (C=O) groups excluding carboxylic acids is 1. The summed E-state index contributed by atoms with van der Waals surface area (Å²) in [7, 11) is 1.68. The van der Waals surface area contributed by atoms with E-state index in [-0.39, 0.29) is 5.41 Å². The number of anilines is 3. The maximum atomic E-state index is 12.7. The van der Waals surface area contributed by atoms with E-state index in [4.69, 9.17) is 9.72 Å². The van der Waals surface area contributed by atoms with Gasteiger partial charge in [-0.15, -0.1) is 0 Å². The third-order valence-electron chi connectivity index (χ3n) is 8.11. The number of carbonyl (C=O) groups is 1. The average molecular weight is 503 g/mol. The van der Waals surface area contributed by atoms with Gasteiger partial charge in [-0.3, -0.25) is 9.78 Å². The molecule has 0 unspecified atom stereocenters. The van der Waals surface area contributed by atoms with E-state index in [1.165, 1.54) is 24.8 Å². The first-order valence-corrected chi connectivity index (χ1v) is 13.5. The number of nitrogens with one attached hydrogen (secondary N) is 4. The van der Waals surface area contributed by atoms with Crippen LogP contribution in [0.4, 0.5) is 17.5 Å². The SMILES string of the molecule is COc1cc(C2=CCN(C(=O)C3(C)CC3)CC2)ccc1Nc1nc(NC2CCCCC2)c2[nH]c[nH+]c2n1. The van der Waals surface area contributed by atoms with Gasteiger partial charge in [-0.25, -0.2) is 4.98 Å². The number of rotatable bonds is 7. The maximum Gasteiger partial charge on any atom is 0.307 e. The Bertz CT molecular complexity index is 1340. The van der Waals surface area contributed by atoms with Crippen molar-refractivity contribution < 1.29 is 14.5 Å². The van der Waals surface area contributed by atoms with Crippen molar-refractivity contribution in [2.24, 2.45) is 5.41 Å². The van der Waals surface area contributed by atoms with Crippen LogP contribution in [0, 0.1) is 5.41 Å². The Hall–Kier alpha value is -3.62. The molecule has 2 aliphatic carbocycles. The first-order valence-electron chi connectivity index (χ1n) is 13.5. The van der Waals surface area contributed by atoms with Crippen molar-refractivity contribution in [2.75, 3.05) is 30.8 Å². The number of hydrogen-bond donors (Lipinski definition) is 3. The van der Waals surface area contributed by atoms with Gasteiger partial charge in [-0.2, -0.15) is 4.98 Å². The molecule has 3 aliphatic rings. The summed E-state index contributed by atoms with van der Waals surface area (Å²) in [5, 5.41) is 7.00. The van der Waals surface area contributed by atoms with E-state index in [1.807, 2.05) is 11.0 Å². The molecule has 1 aromatic carbocycles. The number of benzene rings is 1. The number of ether oxygens (including phenoxy) is 1. The molecule has 6 rings (SSSR count). The van der Waals surface area contributed by atoms with Crippen LogP contribution in [0.15, 0.2) is 30.6 Å². The number of methoxy groups -OCH3 is 1. The molecule has 4 N–H and O–H groups in total. The Morgan fingerprint density at radius 1 is 1.22 bits per heavy atom. The van der Waals surface area contributed by atoms with Crippen LogP contribution in [-0.2, 0) is 4.79 Å². The summed E-state index contributed by atoms with van der Waals surface area (Å²) in [6, 6.07) is 6.59. The van der Waals surface area contributed by atoms with Crippen molar-refractivity contribution in [2.45, 2.75) is 64.3 Å². The van der Waals surface area contributed by atoms with E-state index in [2.05, 4.69) is 50.7 Å². The third kappa shape index (κ3) is 4.86. The molecule has 2 aromatic heterocycles. The molecule has 2 saturated carbocycles. The highest BCUT2D eigenvalue weighted by Crippen LogP contribution is 2.47. The van der Waals surface area contributed by atoms with E-state index in [1.54, 1.807) is 13.4 Å². The number of H-pyrrole nitrogens is 2. The topological polar surface area (TPSA) is 109 Å². The van der Waals surface area contributed by atoms with Crippen molar-refractivity contribution in [3.05, 3.63) is 36.2 Å². The molecule has 9 nitrogen and oxygen atoms in total. The maximum absolute atomic E-state index is 12.7. The molecule has 1 aliphatic heterocycles. The number of aromatic nitrogens is 4. The molecule has 0 spiro atoms. The Labute approximate surface area is 217 Å². The van der Waals surface area contributed by atoms with E-state index in [0.717, 1.165) is 72.6 Å². The van der Waals surface area contributed by atoms with Crippen molar-refractivity contribution >= 4 is 40.1 Å². The van der Waals surface area contributed by atoms with Crippen LogP contribution in [0.5, 0.6) is 5.75 Å². The van der Waals surface area contributed by atoms with Crippen LogP contribution in [0.1, 0.15) is 63.9 Å². The van der Waals surface area contributed by atoms with E-state index < -0.39 is 0 Å². The minimum atomic E-state index is -0.114. The highest BCUT2D eigenvalue weighted by Gasteiger charge is 2.47. The Balaban J connectivity index is 1.20. The molecule has 0 radical (unpaired) electrons. The fourth-order valence-corrected chi connectivity index (χ4v) is 5.49. The van der Waals surface area contributed by atoms with Gasteiger partial charge in [0.05, 0.1) is 12.8 Å². The highest BCUT2D eigenvalue weighted by molar-refractivity contribution is 5.86. The predicted molar refractivity (Wildman–Crippen MR) is 144 cm³/mol. The summed E-state index contributed by atoms with van der Waals surface area (Å²) < 4.78 is 5.75. The van der Waals surface area contributed by atoms with Crippen LogP contribution < -0.4 is 20.4 Å². The van der Waals surface area contributed by atoms with E-state index in [9.17, 15) is 4.79 Å². The zero-order chi connectivity index (χ0) is 25.4. The zero-order valence-corrected chi connectivity index (χ0v) is 21.7. The van der Waals surface area contributed by atoms with Gasteiger partial charge in [0.25, 0.3) is 0 Å². The lowest BCUT2D eigenvalue weighted by Crippen LogP contribution is -2.38. The Kier molecular flexibility index (Phi) is 6.22. The van der Waals surface area contributed by atoms with E-state index in [0.29, 0.717) is 24.4 Å². The summed E-state index contributed by atoms with van der Waals surface area (Å²) in [6.45, 7) is 3.51. The van der Waals surface area contributed by atoms with Crippen LogP contribution in [0.3, 0.4) is 0 Å². The Morgan fingerprint density at radius 3 is 2.78 bits per heavy atom. The van der Waals surface area contributed by atoms with Gasteiger partial charge in [-0.05, 0) is 55.4 Å². The molecule has 1 amide bonds. The number of amides is 1. The van der Waals surface area contributed by atoms with Gasteiger partial charge in [0.2, 0.25) is 11.4 Å². The summed E-state index contributed by atoms with van der Waals surface area (Å²) in [6.07, 6.45) is 13.0. The molecule has 0 atom stereocenters. The van der Waals surface area contributed by atoms with Crippen molar-refractivity contribution in [1.29, 1.82) is 0 Å². The largest absolute Gasteiger partial charge is 0.495 e. The van der Waals surface area contributed by atoms with Gasteiger partial charge < -0.3 is 20.3 Å². The summed E-state index contributed by atoms with van der Waals surface area (Å²) >= 11 is 0. The average Bonchev–Trinajstić information content (AvgIpc) is 3.50. The number of aromatic amines is 2. The van der Waals surface area contributed by atoms with Gasteiger partial charge in [0.1, 0.15) is 5.75 Å². The number of fused-ring (bicyclic) bond motifs is 1. The second-order valence-corrected chi connectivity index (χ2v) is 10.9. The van der Waals surface area contributed by atoms with Gasteiger partial charge in [-0.1, -0.05) is 43.3 Å². The zero-order valence-electron chi connectivity index (χ0n) is 21.7. The van der Waals surface area contributed by atoms with Crippen LogP contribution in [0.2, 0.25) is 0 Å². The highest BCUT2D eigenvalue weighted by atomic mass is 16.5. The van der Waals surface area contributed by atoms with E-state index >= 15 is 0 Å².